The van der Waals surface area contributed by atoms with Crippen molar-refractivity contribution in [1.29, 1.82) is 0 Å². The number of hydrogen-bond donors (Lipinski definition) is 1. The molecule has 1 fully saturated rings. The second-order valence-electron chi connectivity index (χ2n) is 6.79. The molecule has 0 aliphatic heterocycles. The van der Waals surface area contributed by atoms with Crippen molar-refractivity contribution < 1.29 is 0 Å². The normalized spacial score (nSPS) is 24.3. The molecule has 3 nitrogen and oxygen atoms in total. The molecule has 0 amide bonds. The molecule has 0 radical (unpaired) electrons. The van der Waals surface area contributed by atoms with E-state index in [0.29, 0.717) is 12.0 Å². The zero-order chi connectivity index (χ0) is 14.0. The number of rotatable bonds is 4. The summed E-state index contributed by atoms with van der Waals surface area (Å²) in [5.41, 5.74) is 7.24. The lowest BCUT2D eigenvalue weighted by Crippen LogP contribution is -2.37. The van der Waals surface area contributed by atoms with Gasteiger partial charge in [-0.1, -0.05) is 27.2 Å². The van der Waals surface area contributed by atoms with Crippen molar-refractivity contribution >= 4 is 11.3 Å². The number of nitrogens with two attached hydrogens (primary N) is 1. The Labute approximate surface area is 121 Å². The summed E-state index contributed by atoms with van der Waals surface area (Å²) in [6, 6.07) is 0.645. The van der Waals surface area contributed by atoms with E-state index in [4.69, 9.17) is 10.7 Å². The average Bonchev–Trinajstić information content (AvgIpc) is 2.95. The van der Waals surface area contributed by atoms with Crippen LogP contribution in [0, 0.1) is 5.92 Å². The lowest BCUT2D eigenvalue weighted by Gasteiger charge is -2.28. The fraction of sp³-hybridized carbons (Fsp3) is 0.800. The molecule has 0 saturated heterocycles. The van der Waals surface area contributed by atoms with Gasteiger partial charge in [0.15, 0.2) is 0 Å². The van der Waals surface area contributed by atoms with Crippen molar-refractivity contribution in [3.8, 4) is 0 Å². The van der Waals surface area contributed by atoms with Crippen molar-refractivity contribution in [2.45, 2.75) is 58.0 Å². The van der Waals surface area contributed by atoms with Crippen molar-refractivity contribution in [3.63, 3.8) is 0 Å². The molecule has 0 bridgehead atoms. The van der Waals surface area contributed by atoms with E-state index >= 15 is 0 Å². The van der Waals surface area contributed by atoms with E-state index in [9.17, 15) is 0 Å². The van der Waals surface area contributed by atoms with Gasteiger partial charge in [-0.25, -0.2) is 4.98 Å². The number of hydrogen-bond acceptors (Lipinski definition) is 4. The van der Waals surface area contributed by atoms with E-state index in [1.54, 1.807) is 11.3 Å². The third-order valence-corrected chi connectivity index (χ3v) is 5.03. The van der Waals surface area contributed by atoms with Gasteiger partial charge in [-0.05, 0) is 32.4 Å². The van der Waals surface area contributed by atoms with Gasteiger partial charge in [0.25, 0.3) is 0 Å². The van der Waals surface area contributed by atoms with Crippen LogP contribution >= 0.6 is 11.3 Å². The molecule has 0 aromatic carbocycles. The Morgan fingerprint density at radius 1 is 1.42 bits per heavy atom. The standard InChI is InChI=1S/C15H27N3S/c1-15(2,3)13-10-19-14(17-13)9-18(4)12-7-5-6-11(12)8-16/h10-12H,5-9,16H2,1-4H3. The molecule has 108 valence electrons. The minimum absolute atomic E-state index is 0.153. The minimum atomic E-state index is 0.153. The van der Waals surface area contributed by atoms with Crippen molar-refractivity contribution in [1.82, 2.24) is 9.88 Å². The maximum atomic E-state index is 5.88. The molecular weight excluding hydrogens is 254 g/mol. The van der Waals surface area contributed by atoms with Gasteiger partial charge in [0.2, 0.25) is 0 Å². The highest BCUT2D eigenvalue weighted by molar-refractivity contribution is 7.09. The molecule has 1 aliphatic carbocycles. The van der Waals surface area contributed by atoms with E-state index in [1.165, 1.54) is 30.0 Å². The molecule has 0 spiro atoms. The highest BCUT2D eigenvalue weighted by Gasteiger charge is 2.29. The van der Waals surface area contributed by atoms with Crippen LogP contribution in [0.3, 0.4) is 0 Å². The number of thiazole rings is 1. The summed E-state index contributed by atoms with van der Waals surface area (Å²) in [4.78, 5) is 7.24. The van der Waals surface area contributed by atoms with E-state index < -0.39 is 0 Å². The highest BCUT2D eigenvalue weighted by atomic mass is 32.1. The molecule has 1 aliphatic rings. The Kier molecular flexibility index (Phi) is 4.64. The third-order valence-electron chi connectivity index (χ3n) is 4.19. The molecule has 2 N–H and O–H groups in total. The van der Waals surface area contributed by atoms with Crippen LogP contribution in [0.25, 0.3) is 0 Å². The first-order chi connectivity index (χ1) is 8.91. The van der Waals surface area contributed by atoms with E-state index in [1.807, 2.05) is 0 Å². The molecule has 2 rings (SSSR count). The molecule has 19 heavy (non-hydrogen) atoms. The van der Waals surface area contributed by atoms with Crippen LogP contribution in [-0.2, 0) is 12.0 Å². The van der Waals surface area contributed by atoms with Crippen LogP contribution in [0.2, 0.25) is 0 Å². The van der Waals surface area contributed by atoms with E-state index in [2.05, 4.69) is 38.1 Å². The molecule has 1 heterocycles. The fourth-order valence-electron chi connectivity index (χ4n) is 2.93. The van der Waals surface area contributed by atoms with E-state index in [0.717, 1.165) is 13.1 Å². The lowest BCUT2D eigenvalue weighted by atomic mass is 9.93. The summed E-state index contributed by atoms with van der Waals surface area (Å²) in [5, 5.41) is 3.44. The van der Waals surface area contributed by atoms with Crippen LogP contribution < -0.4 is 5.73 Å². The summed E-state index contributed by atoms with van der Waals surface area (Å²) in [7, 11) is 2.22. The SMILES string of the molecule is CN(Cc1nc(C(C)(C)C)cs1)C1CCCC1CN. The molecular formula is C15H27N3S. The minimum Gasteiger partial charge on any atom is -0.330 e. The fourth-order valence-corrected chi connectivity index (χ4v) is 4.01. The summed E-state index contributed by atoms with van der Waals surface area (Å²) >= 11 is 1.79. The molecule has 1 aromatic rings. The van der Waals surface area contributed by atoms with Crippen molar-refractivity contribution in [2.75, 3.05) is 13.6 Å². The van der Waals surface area contributed by atoms with Gasteiger partial charge in [-0.2, -0.15) is 0 Å². The van der Waals surface area contributed by atoms with Crippen LogP contribution in [0.15, 0.2) is 5.38 Å². The number of nitrogens with zero attached hydrogens (tertiary/aromatic N) is 2. The zero-order valence-electron chi connectivity index (χ0n) is 12.6. The first-order valence-electron chi connectivity index (χ1n) is 7.27. The van der Waals surface area contributed by atoms with Gasteiger partial charge in [0, 0.05) is 16.8 Å². The molecule has 1 saturated carbocycles. The van der Waals surface area contributed by atoms with Crippen LogP contribution in [0.4, 0.5) is 0 Å². The summed E-state index contributed by atoms with van der Waals surface area (Å²) in [5.74, 6) is 0.673. The van der Waals surface area contributed by atoms with Crippen LogP contribution in [0.5, 0.6) is 0 Å². The van der Waals surface area contributed by atoms with Gasteiger partial charge in [-0.3, -0.25) is 4.90 Å². The Bertz CT molecular complexity index is 408. The maximum Gasteiger partial charge on any atom is 0.107 e. The quantitative estimate of drug-likeness (QED) is 0.922. The second-order valence-corrected chi connectivity index (χ2v) is 7.73. The molecule has 2 atom stereocenters. The van der Waals surface area contributed by atoms with Gasteiger partial charge in [0.05, 0.1) is 12.2 Å². The summed E-state index contributed by atoms with van der Waals surface area (Å²) in [6.07, 6.45) is 3.90. The summed E-state index contributed by atoms with van der Waals surface area (Å²) in [6.45, 7) is 8.44. The van der Waals surface area contributed by atoms with E-state index in [-0.39, 0.29) is 5.41 Å². The monoisotopic (exact) mass is 281 g/mol. The second kappa shape index (κ2) is 5.90. The Hall–Kier alpha value is -0.450. The van der Waals surface area contributed by atoms with Crippen molar-refractivity contribution in [2.24, 2.45) is 11.7 Å². The molecule has 1 aromatic heterocycles. The van der Waals surface area contributed by atoms with Crippen LogP contribution in [-0.4, -0.2) is 29.5 Å². The first-order valence-corrected chi connectivity index (χ1v) is 8.15. The highest BCUT2D eigenvalue weighted by Crippen LogP contribution is 2.30. The van der Waals surface area contributed by atoms with Gasteiger partial charge in [0.1, 0.15) is 5.01 Å². The Balaban J connectivity index is 1.99. The third kappa shape index (κ3) is 3.56. The van der Waals surface area contributed by atoms with Gasteiger partial charge in [-0.15, -0.1) is 11.3 Å². The molecule has 2 unspecified atom stereocenters. The predicted octanol–water partition coefficient (Wildman–Crippen LogP) is 3.00. The zero-order valence-corrected chi connectivity index (χ0v) is 13.5. The number of aromatic nitrogens is 1. The Morgan fingerprint density at radius 3 is 2.74 bits per heavy atom. The summed E-state index contributed by atoms with van der Waals surface area (Å²) < 4.78 is 0. The lowest BCUT2D eigenvalue weighted by molar-refractivity contribution is 0.192. The molecule has 4 heteroatoms. The largest absolute Gasteiger partial charge is 0.330 e. The van der Waals surface area contributed by atoms with Crippen molar-refractivity contribution in [3.05, 3.63) is 16.1 Å². The Morgan fingerprint density at radius 2 is 2.16 bits per heavy atom. The van der Waals surface area contributed by atoms with Gasteiger partial charge >= 0.3 is 0 Å². The smallest absolute Gasteiger partial charge is 0.107 e. The average molecular weight is 281 g/mol. The van der Waals surface area contributed by atoms with Gasteiger partial charge < -0.3 is 5.73 Å². The predicted molar refractivity (Wildman–Crippen MR) is 82.5 cm³/mol. The first kappa shape index (κ1) is 14.9. The van der Waals surface area contributed by atoms with Crippen LogP contribution in [0.1, 0.15) is 50.7 Å². The topological polar surface area (TPSA) is 42.2 Å². The maximum absolute atomic E-state index is 5.88.